The van der Waals surface area contributed by atoms with Crippen LogP contribution in [0.2, 0.25) is 0 Å². The van der Waals surface area contributed by atoms with Crippen molar-refractivity contribution in [1.82, 2.24) is 15.0 Å². The summed E-state index contributed by atoms with van der Waals surface area (Å²) in [5.41, 5.74) is 1.46. The number of methoxy groups -OCH3 is 1. The van der Waals surface area contributed by atoms with Crippen LogP contribution in [0.5, 0.6) is 0 Å². The first-order valence-corrected chi connectivity index (χ1v) is 6.04. The lowest BCUT2D eigenvalue weighted by Gasteiger charge is -2.22. The van der Waals surface area contributed by atoms with Crippen LogP contribution in [0.25, 0.3) is 11.2 Å². The van der Waals surface area contributed by atoms with E-state index in [0.29, 0.717) is 18.2 Å². The van der Waals surface area contributed by atoms with Gasteiger partial charge in [-0.25, -0.2) is 9.97 Å². The summed E-state index contributed by atoms with van der Waals surface area (Å²) >= 11 is 0. The van der Waals surface area contributed by atoms with Crippen molar-refractivity contribution in [3.63, 3.8) is 0 Å². The molecule has 0 fully saturated rings. The Morgan fingerprint density at radius 2 is 2.00 bits per heavy atom. The molecule has 0 bridgehead atoms. The zero-order chi connectivity index (χ0) is 13.0. The zero-order valence-corrected chi connectivity index (χ0v) is 10.9. The number of aromatic nitrogens is 3. The van der Waals surface area contributed by atoms with Gasteiger partial charge < -0.3 is 10.1 Å². The van der Waals surface area contributed by atoms with Crippen LogP contribution < -0.4 is 5.32 Å². The molecular formula is C13H18N4O. The molecule has 0 saturated carbocycles. The van der Waals surface area contributed by atoms with E-state index in [-0.39, 0.29) is 6.04 Å². The van der Waals surface area contributed by atoms with E-state index < -0.39 is 0 Å². The molecule has 0 aliphatic carbocycles. The summed E-state index contributed by atoms with van der Waals surface area (Å²) in [5, 5.41) is 3.37. The highest BCUT2D eigenvalue weighted by molar-refractivity contribution is 5.71. The lowest BCUT2D eigenvalue weighted by atomic mass is 10.1. The molecule has 18 heavy (non-hydrogen) atoms. The maximum atomic E-state index is 5.21. The molecule has 0 aromatic carbocycles. The molecule has 2 aromatic heterocycles. The van der Waals surface area contributed by atoms with Crippen LogP contribution in [-0.4, -0.2) is 34.7 Å². The predicted molar refractivity (Wildman–Crippen MR) is 71.5 cm³/mol. The zero-order valence-electron chi connectivity index (χ0n) is 10.9. The molecule has 0 saturated heterocycles. The minimum absolute atomic E-state index is 0.233. The average molecular weight is 246 g/mol. The summed E-state index contributed by atoms with van der Waals surface area (Å²) in [6.07, 6.45) is 3.31. The molecular weight excluding hydrogens is 228 g/mol. The van der Waals surface area contributed by atoms with Crippen LogP contribution in [0.3, 0.4) is 0 Å². The molecule has 1 atom stereocenters. The molecule has 1 unspecified atom stereocenters. The first-order valence-electron chi connectivity index (χ1n) is 6.04. The number of nitrogens with zero attached hydrogens (tertiary/aromatic N) is 3. The summed E-state index contributed by atoms with van der Waals surface area (Å²) in [5.74, 6) is 1.27. The largest absolute Gasteiger partial charge is 0.383 e. The minimum atomic E-state index is 0.233. The summed E-state index contributed by atoms with van der Waals surface area (Å²) in [6.45, 7) is 4.95. The van der Waals surface area contributed by atoms with Gasteiger partial charge in [0.2, 0.25) is 0 Å². The van der Waals surface area contributed by atoms with Gasteiger partial charge in [0, 0.05) is 19.5 Å². The van der Waals surface area contributed by atoms with E-state index in [1.54, 1.807) is 19.5 Å². The Morgan fingerprint density at radius 1 is 1.22 bits per heavy atom. The molecule has 96 valence electrons. The smallest absolute Gasteiger partial charge is 0.180 e. The fourth-order valence-corrected chi connectivity index (χ4v) is 1.71. The van der Waals surface area contributed by atoms with Gasteiger partial charge in [-0.15, -0.1) is 0 Å². The summed E-state index contributed by atoms with van der Waals surface area (Å²) < 4.78 is 5.21. The predicted octanol–water partition coefficient (Wildman–Crippen LogP) is 2.11. The highest BCUT2D eigenvalue weighted by atomic mass is 16.5. The summed E-state index contributed by atoms with van der Waals surface area (Å²) in [7, 11) is 1.70. The highest BCUT2D eigenvalue weighted by Gasteiger charge is 2.13. The van der Waals surface area contributed by atoms with E-state index in [1.807, 2.05) is 12.1 Å². The van der Waals surface area contributed by atoms with Crippen molar-refractivity contribution < 1.29 is 4.74 Å². The molecule has 1 N–H and O–H groups in total. The Morgan fingerprint density at radius 3 is 2.72 bits per heavy atom. The van der Waals surface area contributed by atoms with Gasteiger partial charge in [-0.2, -0.15) is 0 Å². The number of nitrogens with one attached hydrogen (secondary N) is 1. The van der Waals surface area contributed by atoms with Gasteiger partial charge in [-0.1, -0.05) is 13.8 Å². The number of hydrogen-bond donors (Lipinski definition) is 1. The maximum Gasteiger partial charge on any atom is 0.180 e. The third-order valence-electron chi connectivity index (χ3n) is 2.82. The fraction of sp³-hybridized carbons (Fsp3) is 0.462. The Balaban J connectivity index is 2.20. The third kappa shape index (κ3) is 2.92. The van der Waals surface area contributed by atoms with Gasteiger partial charge in [0.1, 0.15) is 11.3 Å². The van der Waals surface area contributed by atoms with Crippen molar-refractivity contribution in [2.45, 2.75) is 19.9 Å². The summed E-state index contributed by atoms with van der Waals surface area (Å²) in [6, 6.07) is 4.07. The van der Waals surface area contributed by atoms with Crippen molar-refractivity contribution >= 4 is 17.0 Å². The van der Waals surface area contributed by atoms with Crippen LogP contribution >= 0.6 is 0 Å². The van der Waals surface area contributed by atoms with Gasteiger partial charge >= 0.3 is 0 Å². The average Bonchev–Trinajstić information content (AvgIpc) is 2.38. The van der Waals surface area contributed by atoms with E-state index in [9.17, 15) is 0 Å². The first kappa shape index (κ1) is 12.7. The number of pyridine rings is 1. The normalized spacial score (nSPS) is 12.9. The van der Waals surface area contributed by atoms with Crippen molar-refractivity contribution in [3.8, 4) is 0 Å². The van der Waals surface area contributed by atoms with Crippen molar-refractivity contribution in [3.05, 3.63) is 24.5 Å². The number of hydrogen-bond acceptors (Lipinski definition) is 5. The topological polar surface area (TPSA) is 59.9 Å². The Kier molecular flexibility index (Phi) is 4.04. The Hall–Kier alpha value is -1.75. The lowest BCUT2D eigenvalue weighted by molar-refractivity contribution is 0.171. The molecule has 2 heterocycles. The number of anilines is 1. The van der Waals surface area contributed by atoms with E-state index >= 15 is 0 Å². The Labute approximate surface area is 107 Å². The van der Waals surface area contributed by atoms with Crippen LogP contribution in [0.1, 0.15) is 13.8 Å². The van der Waals surface area contributed by atoms with E-state index in [4.69, 9.17) is 4.74 Å². The van der Waals surface area contributed by atoms with Crippen LogP contribution in [0.15, 0.2) is 24.5 Å². The van der Waals surface area contributed by atoms with Gasteiger partial charge in [-0.05, 0) is 18.1 Å². The quantitative estimate of drug-likeness (QED) is 0.875. The van der Waals surface area contributed by atoms with Gasteiger partial charge in [-0.3, -0.25) is 4.98 Å². The molecule has 0 aliphatic heterocycles. The molecule has 0 radical (unpaired) electrons. The van der Waals surface area contributed by atoms with Gasteiger partial charge in [0.15, 0.2) is 5.65 Å². The second-order valence-corrected chi connectivity index (χ2v) is 4.55. The number of rotatable bonds is 5. The molecule has 0 amide bonds. The molecule has 5 nitrogen and oxygen atoms in total. The van der Waals surface area contributed by atoms with Gasteiger partial charge in [0.05, 0.1) is 12.6 Å². The second-order valence-electron chi connectivity index (χ2n) is 4.55. The maximum absolute atomic E-state index is 5.21. The molecule has 0 aliphatic rings. The Bertz CT molecular complexity index is 515. The van der Waals surface area contributed by atoms with Crippen molar-refractivity contribution in [2.24, 2.45) is 5.92 Å². The third-order valence-corrected chi connectivity index (χ3v) is 2.82. The SMILES string of the molecule is COCC(Nc1ccc2nccnc2n1)C(C)C. The first-order chi connectivity index (χ1) is 8.70. The van der Waals surface area contributed by atoms with Crippen molar-refractivity contribution in [2.75, 3.05) is 19.0 Å². The number of ether oxygens (including phenoxy) is 1. The standard InChI is InChI=1S/C13H18N4O/c1-9(2)11(8-18-3)16-12-5-4-10-13(17-12)15-7-6-14-10/h4-7,9,11H,8H2,1-3H3,(H,15,16,17). The molecule has 2 aromatic rings. The second kappa shape index (κ2) is 5.73. The van der Waals surface area contributed by atoms with E-state index in [0.717, 1.165) is 11.3 Å². The van der Waals surface area contributed by atoms with Crippen molar-refractivity contribution in [1.29, 1.82) is 0 Å². The molecule has 2 rings (SSSR count). The van der Waals surface area contributed by atoms with Gasteiger partial charge in [0.25, 0.3) is 0 Å². The number of fused-ring (bicyclic) bond motifs is 1. The lowest BCUT2D eigenvalue weighted by Crippen LogP contribution is -2.30. The summed E-state index contributed by atoms with van der Waals surface area (Å²) in [4.78, 5) is 12.8. The minimum Gasteiger partial charge on any atom is -0.383 e. The van der Waals surface area contributed by atoms with E-state index in [2.05, 4.69) is 34.1 Å². The monoisotopic (exact) mass is 246 g/mol. The molecule has 0 spiro atoms. The molecule has 5 heteroatoms. The van der Waals surface area contributed by atoms with Crippen LogP contribution in [-0.2, 0) is 4.74 Å². The fourth-order valence-electron chi connectivity index (χ4n) is 1.71. The van der Waals surface area contributed by atoms with E-state index in [1.165, 1.54) is 0 Å². The van der Waals surface area contributed by atoms with Crippen LogP contribution in [0.4, 0.5) is 5.82 Å². The highest BCUT2D eigenvalue weighted by Crippen LogP contribution is 2.14. The van der Waals surface area contributed by atoms with Crippen LogP contribution in [0, 0.1) is 5.92 Å².